The van der Waals surface area contributed by atoms with E-state index in [2.05, 4.69) is 32.5 Å². The van der Waals surface area contributed by atoms with Crippen molar-refractivity contribution in [2.45, 2.75) is 31.9 Å². The molecule has 168 valence electrons. The normalized spacial score (nSPS) is 19.4. The third kappa shape index (κ3) is 7.56. The lowest BCUT2D eigenvalue weighted by atomic mass is 9.95. The predicted octanol–water partition coefficient (Wildman–Crippen LogP) is 4.21. The van der Waals surface area contributed by atoms with Gasteiger partial charge in [-0.3, -0.25) is 4.99 Å². The smallest absolute Gasteiger partial charge is 0.373 e. The molecule has 8 heteroatoms. The molecule has 0 amide bonds. The van der Waals surface area contributed by atoms with E-state index >= 15 is 0 Å². The van der Waals surface area contributed by atoms with Crippen LogP contribution >= 0.6 is 0 Å². The Labute approximate surface area is 180 Å². The van der Waals surface area contributed by atoms with Crippen LogP contribution in [0.5, 0.6) is 0 Å². The van der Waals surface area contributed by atoms with Crippen LogP contribution in [0.25, 0.3) is 0 Å². The molecule has 1 aliphatic rings. The molecule has 2 aromatic carbocycles. The Morgan fingerprint density at radius 2 is 1.77 bits per heavy atom. The standard InChI is InChI=1S/C23H28F3N3O2/c1-27-22(29-14-20-11-12-31-21(20)19-5-3-2-4-6-19)28-13-17-7-9-18(10-8-17)15-30-16-23(24,25)26/h2-10,20-21H,11-16H2,1H3,(H2,27,28,29). The molecule has 5 nitrogen and oxygen atoms in total. The summed E-state index contributed by atoms with van der Waals surface area (Å²) in [6.45, 7) is 0.732. The van der Waals surface area contributed by atoms with Gasteiger partial charge < -0.3 is 20.1 Å². The minimum atomic E-state index is -4.31. The molecule has 2 unspecified atom stereocenters. The Balaban J connectivity index is 1.43. The number of rotatable bonds is 8. The van der Waals surface area contributed by atoms with Crippen LogP contribution in [0, 0.1) is 5.92 Å². The highest BCUT2D eigenvalue weighted by Gasteiger charge is 2.29. The quantitative estimate of drug-likeness (QED) is 0.482. The number of halogens is 3. The number of alkyl halides is 3. The highest BCUT2D eigenvalue weighted by atomic mass is 19.4. The molecule has 1 aliphatic heterocycles. The number of guanidine groups is 1. The van der Waals surface area contributed by atoms with Crippen molar-refractivity contribution in [1.82, 2.24) is 10.6 Å². The Hall–Kier alpha value is -2.58. The summed E-state index contributed by atoms with van der Waals surface area (Å²) in [4.78, 5) is 4.27. The monoisotopic (exact) mass is 435 g/mol. The summed E-state index contributed by atoms with van der Waals surface area (Å²) < 4.78 is 47.0. The maximum Gasteiger partial charge on any atom is 0.411 e. The van der Waals surface area contributed by atoms with E-state index in [1.54, 1.807) is 19.2 Å². The molecule has 0 radical (unpaired) electrons. The maximum atomic E-state index is 12.1. The van der Waals surface area contributed by atoms with Crippen LogP contribution in [-0.2, 0) is 22.6 Å². The van der Waals surface area contributed by atoms with Crippen molar-refractivity contribution in [3.05, 3.63) is 71.3 Å². The molecule has 2 N–H and O–H groups in total. The van der Waals surface area contributed by atoms with E-state index in [0.717, 1.165) is 25.1 Å². The Bertz CT molecular complexity index is 826. The van der Waals surface area contributed by atoms with Crippen LogP contribution < -0.4 is 10.6 Å². The van der Waals surface area contributed by atoms with Gasteiger partial charge in [-0.05, 0) is 23.1 Å². The predicted molar refractivity (Wildman–Crippen MR) is 114 cm³/mol. The first-order chi connectivity index (χ1) is 14.9. The second kappa shape index (κ2) is 11.2. The van der Waals surface area contributed by atoms with E-state index in [0.29, 0.717) is 24.0 Å². The molecule has 0 saturated carbocycles. The first-order valence-electron chi connectivity index (χ1n) is 10.3. The van der Waals surface area contributed by atoms with Crippen molar-refractivity contribution in [2.24, 2.45) is 10.9 Å². The van der Waals surface area contributed by atoms with Gasteiger partial charge in [-0.2, -0.15) is 13.2 Å². The lowest BCUT2D eigenvalue weighted by molar-refractivity contribution is -0.176. The summed E-state index contributed by atoms with van der Waals surface area (Å²) in [5.74, 6) is 1.05. The lowest BCUT2D eigenvalue weighted by Gasteiger charge is -2.21. The van der Waals surface area contributed by atoms with E-state index in [-0.39, 0.29) is 12.7 Å². The average Bonchev–Trinajstić information content (AvgIpc) is 3.23. The van der Waals surface area contributed by atoms with Crippen molar-refractivity contribution in [3.63, 3.8) is 0 Å². The van der Waals surface area contributed by atoms with Gasteiger partial charge in [0.25, 0.3) is 0 Å². The highest BCUT2D eigenvalue weighted by Crippen LogP contribution is 2.33. The molecular weight excluding hydrogens is 407 g/mol. The molecule has 1 fully saturated rings. The summed E-state index contributed by atoms with van der Waals surface area (Å²) in [7, 11) is 1.72. The Kier molecular flexibility index (Phi) is 8.31. The van der Waals surface area contributed by atoms with Gasteiger partial charge in [0.15, 0.2) is 5.96 Å². The molecule has 2 aromatic rings. The summed E-state index contributed by atoms with van der Waals surface area (Å²) in [5, 5.41) is 6.63. The van der Waals surface area contributed by atoms with Crippen LogP contribution in [0.2, 0.25) is 0 Å². The number of benzene rings is 2. The lowest BCUT2D eigenvalue weighted by Crippen LogP contribution is -2.39. The van der Waals surface area contributed by atoms with Gasteiger partial charge in [0.1, 0.15) is 6.61 Å². The fourth-order valence-electron chi connectivity index (χ4n) is 3.53. The largest absolute Gasteiger partial charge is 0.411 e. The van der Waals surface area contributed by atoms with Gasteiger partial charge >= 0.3 is 6.18 Å². The Morgan fingerprint density at radius 3 is 2.45 bits per heavy atom. The molecule has 0 aromatic heterocycles. The van der Waals surface area contributed by atoms with Crippen molar-refractivity contribution in [2.75, 3.05) is 26.8 Å². The minimum absolute atomic E-state index is 0.0670. The molecule has 2 atom stereocenters. The first-order valence-corrected chi connectivity index (χ1v) is 10.3. The molecule has 0 aliphatic carbocycles. The summed E-state index contributed by atoms with van der Waals surface area (Å²) in [5.41, 5.74) is 2.88. The van der Waals surface area contributed by atoms with Crippen molar-refractivity contribution in [1.29, 1.82) is 0 Å². The number of hydrogen-bond donors (Lipinski definition) is 2. The first kappa shape index (κ1) is 23.1. The molecule has 0 spiro atoms. The van der Waals surface area contributed by atoms with Gasteiger partial charge in [0, 0.05) is 32.7 Å². The zero-order valence-corrected chi connectivity index (χ0v) is 17.5. The average molecular weight is 435 g/mol. The van der Waals surface area contributed by atoms with Crippen LogP contribution in [-0.4, -0.2) is 38.9 Å². The second-order valence-corrected chi connectivity index (χ2v) is 7.48. The van der Waals surface area contributed by atoms with Crippen LogP contribution in [0.4, 0.5) is 13.2 Å². The van der Waals surface area contributed by atoms with Crippen molar-refractivity contribution < 1.29 is 22.6 Å². The van der Waals surface area contributed by atoms with Crippen molar-refractivity contribution >= 4 is 5.96 Å². The highest BCUT2D eigenvalue weighted by molar-refractivity contribution is 5.79. The number of hydrogen-bond acceptors (Lipinski definition) is 3. The van der Waals surface area contributed by atoms with E-state index in [9.17, 15) is 13.2 Å². The van der Waals surface area contributed by atoms with Gasteiger partial charge in [0.05, 0.1) is 12.7 Å². The van der Waals surface area contributed by atoms with Gasteiger partial charge in [-0.15, -0.1) is 0 Å². The third-order valence-electron chi connectivity index (χ3n) is 5.11. The SMILES string of the molecule is CN=C(NCc1ccc(COCC(F)(F)F)cc1)NCC1CCOC1c1ccccc1. The van der Waals surface area contributed by atoms with E-state index in [1.807, 2.05) is 30.3 Å². The zero-order valence-electron chi connectivity index (χ0n) is 17.5. The molecule has 3 rings (SSSR count). The number of ether oxygens (including phenoxy) is 2. The number of nitrogens with one attached hydrogen (secondary N) is 2. The zero-order chi connectivity index (χ0) is 22.1. The Morgan fingerprint density at radius 1 is 1.06 bits per heavy atom. The van der Waals surface area contributed by atoms with E-state index < -0.39 is 12.8 Å². The molecule has 1 saturated heterocycles. The van der Waals surface area contributed by atoms with E-state index in [4.69, 9.17) is 4.74 Å². The molecule has 31 heavy (non-hydrogen) atoms. The number of nitrogens with zero attached hydrogens (tertiary/aromatic N) is 1. The summed E-state index contributed by atoms with van der Waals surface area (Å²) in [6, 6.07) is 17.5. The van der Waals surface area contributed by atoms with Gasteiger partial charge in [0.2, 0.25) is 0 Å². The van der Waals surface area contributed by atoms with Crippen molar-refractivity contribution in [3.8, 4) is 0 Å². The molecule has 0 bridgehead atoms. The van der Waals surface area contributed by atoms with Gasteiger partial charge in [-0.1, -0.05) is 54.6 Å². The summed E-state index contributed by atoms with van der Waals surface area (Å²) in [6.07, 6.45) is -3.24. The second-order valence-electron chi connectivity index (χ2n) is 7.48. The van der Waals surface area contributed by atoms with Crippen LogP contribution in [0.15, 0.2) is 59.6 Å². The minimum Gasteiger partial charge on any atom is -0.373 e. The van der Waals surface area contributed by atoms with E-state index in [1.165, 1.54) is 5.56 Å². The fourth-order valence-corrected chi connectivity index (χ4v) is 3.53. The van der Waals surface area contributed by atoms with Gasteiger partial charge in [-0.25, -0.2) is 0 Å². The maximum absolute atomic E-state index is 12.1. The fraction of sp³-hybridized carbons (Fsp3) is 0.435. The van der Waals surface area contributed by atoms with Crippen LogP contribution in [0.1, 0.15) is 29.2 Å². The molecular formula is C23H28F3N3O2. The topological polar surface area (TPSA) is 54.9 Å². The van der Waals surface area contributed by atoms with Crippen LogP contribution in [0.3, 0.4) is 0 Å². The number of aliphatic imine (C=N–C) groups is 1. The third-order valence-corrected chi connectivity index (χ3v) is 5.11. The molecule has 1 heterocycles. The summed E-state index contributed by atoms with van der Waals surface area (Å²) >= 11 is 0.